The summed E-state index contributed by atoms with van der Waals surface area (Å²) in [5.74, 6) is 2.99. The molecule has 5 rings (SSSR count). The second kappa shape index (κ2) is 9.07. The Morgan fingerprint density at radius 1 is 1.00 bits per heavy atom. The van der Waals surface area contributed by atoms with Crippen LogP contribution in [-0.2, 0) is 0 Å². The van der Waals surface area contributed by atoms with Gasteiger partial charge in [0.05, 0.1) is 0 Å². The number of ether oxygens (including phenoxy) is 1. The molecule has 0 unspecified atom stereocenters. The zero-order chi connectivity index (χ0) is 22.6. The molecule has 0 radical (unpaired) electrons. The van der Waals surface area contributed by atoms with Crippen LogP contribution in [0.4, 0.5) is 5.82 Å². The van der Waals surface area contributed by atoms with Crippen LogP contribution in [0.15, 0.2) is 71.5 Å². The van der Waals surface area contributed by atoms with Crippen molar-refractivity contribution in [3.8, 4) is 23.0 Å². The average Bonchev–Trinajstić information content (AvgIpc) is 3.35. The summed E-state index contributed by atoms with van der Waals surface area (Å²) in [6.07, 6.45) is 3.36. The summed E-state index contributed by atoms with van der Waals surface area (Å²) >= 11 is 0. The maximum Gasteiger partial charge on any atom is 0.276 e. The fourth-order valence-electron chi connectivity index (χ4n) is 3.67. The van der Waals surface area contributed by atoms with Crippen LogP contribution in [0.5, 0.6) is 11.6 Å². The first kappa shape index (κ1) is 20.6. The lowest BCUT2D eigenvalue weighted by atomic mass is 10.2. The van der Waals surface area contributed by atoms with Crippen molar-refractivity contribution in [3.05, 3.63) is 78.5 Å². The Bertz CT molecular complexity index is 1240. The molecule has 1 aromatic carbocycles. The summed E-state index contributed by atoms with van der Waals surface area (Å²) in [6.45, 7) is 4.21. The third-order valence-corrected chi connectivity index (χ3v) is 5.33. The highest BCUT2D eigenvalue weighted by Crippen LogP contribution is 2.25. The molecule has 0 atom stereocenters. The lowest BCUT2D eigenvalue weighted by Crippen LogP contribution is -2.49. The van der Waals surface area contributed by atoms with Crippen molar-refractivity contribution in [3.63, 3.8) is 0 Å². The van der Waals surface area contributed by atoms with Gasteiger partial charge >= 0.3 is 0 Å². The van der Waals surface area contributed by atoms with Crippen molar-refractivity contribution < 1.29 is 14.1 Å². The van der Waals surface area contributed by atoms with Gasteiger partial charge in [-0.25, -0.2) is 4.98 Å². The standard InChI is InChI=1S/C24H22N6O3/c1-17-26-22(15-23(27-17)32-19-7-3-2-4-8-19)29-10-12-30(13-11-29)24(31)20-14-21(33-28-20)18-6-5-9-25-16-18/h2-9,14-16H,10-13H2,1H3. The van der Waals surface area contributed by atoms with Crippen molar-refractivity contribution in [2.24, 2.45) is 0 Å². The number of carbonyl (C=O) groups is 1. The summed E-state index contributed by atoms with van der Waals surface area (Å²) in [6, 6.07) is 16.7. The summed E-state index contributed by atoms with van der Waals surface area (Å²) in [5, 5.41) is 3.96. The summed E-state index contributed by atoms with van der Waals surface area (Å²) < 4.78 is 11.2. The fourth-order valence-corrected chi connectivity index (χ4v) is 3.67. The van der Waals surface area contributed by atoms with Crippen LogP contribution in [0.25, 0.3) is 11.3 Å². The van der Waals surface area contributed by atoms with Gasteiger partial charge in [0.25, 0.3) is 5.91 Å². The molecule has 1 amide bonds. The van der Waals surface area contributed by atoms with Gasteiger partial charge in [0.2, 0.25) is 5.88 Å². The Labute approximate surface area is 190 Å². The number of nitrogens with zero attached hydrogens (tertiary/aromatic N) is 6. The minimum Gasteiger partial charge on any atom is -0.439 e. The van der Waals surface area contributed by atoms with E-state index < -0.39 is 0 Å². The second-order valence-electron chi connectivity index (χ2n) is 7.62. The molecule has 0 aliphatic carbocycles. The van der Waals surface area contributed by atoms with Crippen LogP contribution in [0, 0.1) is 6.92 Å². The molecule has 1 fully saturated rings. The molecule has 9 nitrogen and oxygen atoms in total. The summed E-state index contributed by atoms with van der Waals surface area (Å²) in [7, 11) is 0. The number of aromatic nitrogens is 4. The molecule has 0 saturated carbocycles. The molecule has 4 aromatic rings. The molecule has 0 N–H and O–H groups in total. The zero-order valence-corrected chi connectivity index (χ0v) is 18.1. The molecule has 9 heteroatoms. The van der Waals surface area contributed by atoms with Gasteiger partial charge in [0.1, 0.15) is 17.4 Å². The Hall–Kier alpha value is -4.27. The predicted octanol–water partition coefficient (Wildman–Crippen LogP) is 3.59. The van der Waals surface area contributed by atoms with E-state index >= 15 is 0 Å². The maximum atomic E-state index is 12.9. The van der Waals surface area contributed by atoms with Gasteiger partial charge in [-0.2, -0.15) is 4.98 Å². The number of amides is 1. The van der Waals surface area contributed by atoms with Crippen LogP contribution in [0.2, 0.25) is 0 Å². The number of carbonyl (C=O) groups excluding carboxylic acids is 1. The van der Waals surface area contributed by atoms with Crippen LogP contribution < -0.4 is 9.64 Å². The molecule has 166 valence electrons. The van der Waals surface area contributed by atoms with Gasteiger partial charge in [-0.1, -0.05) is 23.4 Å². The van der Waals surface area contributed by atoms with E-state index in [4.69, 9.17) is 9.26 Å². The van der Waals surface area contributed by atoms with E-state index in [-0.39, 0.29) is 5.91 Å². The van der Waals surface area contributed by atoms with Crippen LogP contribution in [0.1, 0.15) is 16.3 Å². The SMILES string of the molecule is Cc1nc(Oc2ccccc2)cc(N2CCN(C(=O)c3cc(-c4cccnc4)on3)CC2)n1. The number of benzene rings is 1. The largest absolute Gasteiger partial charge is 0.439 e. The molecule has 0 bridgehead atoms. The third-order valence-electron chi connectivity index (χ3n) is 5.33. The molecule has 4 heterocycles. The van der Waals surface area contributed by atoms with Gasteiger partial charge < -0.3 is 19.1 Å². The Balaban J connectivity index is 1.24. The van der Waals surface area contributed by atoms with Gasteiger partial charge in [0, 0.05) is 56.3 Å². The second-order valence-corrected chi connectivity index (χ2v) is 7.62. The summed E-state index contributed by atoms with van der Waals surface area (Å²) in [4.78, 5) is 29.8. The van der Waals surface area contributed by atoms with Crippen LogP contribution in [-0.4, -0.2) is 57.1 Å². The smallest absolute Gasteiger partial charge is 0.276 e. The lowest BCUT2D eigenvalue weighted by Gasteiger charge is -2.35. The fraction of sp³-hybridized carbons (Fsp3) is 0.208. The monoisotopic (exact) mass is 442 g/mol. The number of aryl methyl sites for hydroxylation is 1. The highest BCUT2D eigenvalue weighted by atomic mass is 16.5. The topological polar surface area (TPSA) is 97.5 Å². The minimum atomic E-state index is -0.152. The highest BCUT2D eigenvalue weighted by molar-refractivity contribution is 5.93. The van der Waals surface area contributed by atoms with Gasteiger partial charge in [-0.3, -0.25) is 9.78 Å². The molecular weight excluding hydrogens is 420 g/mol. The van der Waals surface area contributed by atoms with Crippen molar-refractivity contribution in [1.29, 1.82) is 0 Å². The number of para-hydroxylation sites is 1. The van der Waals surface area contributed by atoms with E-state index in [1.165, 1.54) is 0 Å². The normalized spacial score (nSPS) is 13.7. The number of hydrogen-bond acceptors (Lipinski definition) is 8. The molecular formula is C24H22N6O3. The Morgan fingerprint density at radius 3 is 2.58 bits per heavy atom. The number of hydrogen-bond donors (Lipinski definition) is 0. The maximum absolute atomic E-state index is 12.9. The first-order valence-corrected chi connectivity index (χ1v) is 10.7. The van der Waals surface area contributed by atoms with E-state index in [1.54, 1.807) is 23.4 Å². The van der Waals surface area contributed by atoms with Crippen molar-refractivity contribution in [2.45, 2.75) is 6.92 Å². The minimum absolute atomic E-state index is 0.152. The molecule has 1 aliphatic rings. The number of piperazine rings is 1. The van der Waals surface area contributed by atoms with E-state index in [0.717, 1.165) is 17.1 Å². The van der Waals surface area contributed by atoms with Crippen LogP contribution in [0.3, 0.4) is 0 Å². The molecule has 1 saturated heterocycles. The third kappa shape index (κ3) is 4.67. The quantitative estimate of drug-likeness (QED) is 0.463. The Kier molecular flexibility index (Phi) is 5.67. The predicted molar refractivity (Wildman–Crippen MR) is 121 cm³/mol. The average molecular weight is 442 g/mol. The van der Waals surface area contributed by atoms with Crippen LogP contribution >= 0.6 is 0 Å². The first-order chi connectivity index (χ1) is 16.2. The van der Waals surface area contributed by atoms with Crippen molar-refractivity contribution in [2.75, 3.05) is 31.1 Å². The van der Waals surface area contributed by atoms with Gasteiger partial charge in [-0.05, 0) is 31.2 Å². The summed E-state index contributed by atoms with van der Waals surface area (Å²) in [5.41, 5.74) is 1.07. The Morgan fingerprint density at radius 2 is 1.82 bits per heavy atom. The zero-order valence-electron chi connectivity index (χ0n) is 18.1. The number of rotatable bonds is 5. The molecule has 1 aliphatic heterocycles. The van der Waals surface area contributed by atoms with Gasteiger partial charge in [-0.15, -0.1) is 0 Å². The highest BCUT2D eigenvalue weighted by Gasteiger charge is 2.26. The van der Waals surface area contributed by atoms with Crippen molar-refractivity contribution in [1.82, 2.24) is 25.0 Å². The van der Waals surface area contributed by atoms with Gasteiger partial charge in [0.15, 0.2) is 11.5 Å². The number of pyridine rings is 1. The lowest BCUT2D eigenvalue weighted by molar-refractivity contribution is 0.0736. The van der Waals surface area contributed by atoms with Crippen molar-refractivity contribution >= 4 is 11.7 Å². The first-order valence-electron chi connectivity index (χ1n) is 10.7. The van der Waals surface area contributed by atoms with E-state index in [9.17, 15) is 4.79 Å². The van der Waals surface area contributed by atoms with E-state index in [2.05, 4.69) is 25.0 Å². The molecule has 33 heavy (non-hydrogen) atoms. The molecule has 3 aromatic heterocycles. The van der Waals surface area contributed by atoms with E-state index in [0.29, 0.717) is 49.3 Å². The van der Waals surface area contributed by atoms with E-state index in [1.807, 2.05) is 55.5 Å². The molecule has 0 spiro atoms. The number of anilines is 1.